The standard InChI is InChI=1S/C15H18F4N2O/c1-14(2)9-13(22)20-21(14)12(15(17,18)19)8-5-10-3-6-11(16)7-4-10/h3-4,6-7,12H,5,8-9H2,1-2H3,(H,20,22)/t12-/m0/s1. The minimum Gasteiger partial charge on any atom is -0.288 e. The number of hydrogen-bond donors (Lipinski definition) is 1. The minimum absolute atomic E-state index is 0.0239. The fourth-order valence-electron chi connectivity index (χ4n) is 2.70. The van der Waals surface area contributed by atoms with Gasteiger partial charge in [0, 0.05) is 12.0 Å². The minimum atomic E-state index is -4.46. The van der Waals surface area contributed by atoms with Crippen LogP contribution in [0.1, 0.15) is 32.3 Å². The average molecular weight is 318 g/mol. The van der Waals surface area contributed by atoms with E-state index in [9.17, 15) is 22.4 Å². The van der Waals surface area contributed by atoms with E-state index < -0.39 is 29.5 Å². The van der Waals surface area contributed by atoms with E-state index in [0.29, 0.717) is 5.56 Å². The highest BCUT2D eigenvalue weighted by Gasteiger charge is 2.51. The third kappa shape index (κ3) is 3.76. The Bertz CT molecular complexity index is 539. The molecule has 1 aliphatic rings. The molecule has 1 atom stereocenters. The van der Waals surface area contributed by atoms with Crippen LogP contribution in [0.2, 0.25) is 0 Å². The molecule has 7 heteroatoms. The predicted molar refractivity (Wildman–Crippen MR) is 73.2 cm³/mol. The quantitative estimate of drug-likeness (QED) is 0.865. The number of carbonyl (C=O) groups excluding carboxylic acids is 1. The summed E-state index contributed by atoms with van der Waals surface area (Å²) < 4.78 is 52.9. The van der Waals surface area contributed by atoms with Crippen LogP contribution in [0.3, 0.4) is 0 Å². The molecule has 0 radical (unpaired) electrons. The Kier molecular flexibility index (Phi) is 4.47. The van der Waals surface area contributed by atoms with Crippen molar-refractivity contribution in [1.29, 1.82) is 0 Å². The van der Waals surface area contributed by atoms with Crippen LogP contribution in [0.25, 0.3) is 0 Å². The van der Waals surface area contributed by atoms with Gasteiger partial charge in [0.15, 0.2) is 0 Å². The lowest BCUT2D eigenvalue weighted by molar-refractivity contribution is -0.202. The monoisotopic (exact) mass is 318 g/mol. The Morgan fingerprint density at radius 1 is 1.27 bits per heavy atom. The first-order valence-electron chi connectivity index (χ1n) is 6.99. The van der Waals surface area contributed by atoms with Crippen molar-refractivity contribution in [3.05, 3.63) is 35.6 Å². The number of hydrogen-bond acceptors (Lipinski definition) is 2. The number of nitrogens with one attached hydrogen (secondary N) is 1. The zero-order chi connectivity index (χ0) is 16.5. The van der Waals surface area contributed by atoms with E-state index in [1.165, 1.54) is 24.3 Å². The lowest BCUT2D eigenvalue weighted by atomic mass is 9.97. The molecule has 22 heavy (non-hydrogen) atoms. The summed E-state index contributed by atoms with van der Waals surface area (Å²) in [7, 11) is 0. The zero-order valence-electron chi connectivity index (χ0n) is 12.4. The molecule has 0 saturated carbocycles. The van der Waals surface area contributed by atoms with Crippen LogP contribution < -0.4 is 5.43 Å². The molecule has 1 N–H and O–H groups in total. The molecular weight excluding hydrogens is 300 g/mol. The maximum Gasteiger partial charge on any atom is 0.405 e. The molecule has 1 aromatic rings. The second kappa shape index (κ2) is 5.87. The molecule has 1 amide bonds. The highest BCUT2D eigenvalue weighted by molar-refractivity contribution is 5.78. The molecule has 0 unspecified atom stereocenters. The summed E-state index contributed by atoms with van der Waals surface area (Å²) in [5.41, 5.74) is 2.03. The number of aryl methyl sites for hydroxylation is 1. The number of rotatable bonds is 4. The molecule has 1 heterocycles. The van der Waals surface area contributed by atoms with Crippen molar-refractivity contribution in [2.45, 2.75) is 50.9 Å². The second-order valence-corrected chi connectivity index (χ2v) is 6.12. The smallest absolute Gasteiger partial charge is 0.288 e. The van der Waals surface area contributed by atoms with Crippen molar-refractivity contribution in [1.82, 2.24) is 10.4 Å². The van der Waals surface area contributed by atoms with E-state index >= 15 is 0 Å². The van der Waals surface area contributed by atoms with Gasteiger partial charge in [0.1, 0.15) is 11.9 Å². The zero-order valence-corrected chi connectivity index (χ0v) is 12.4. The van der Waals surface area contributed by atoms with Crippen LogP contribution in [0.15, 0.2) is 24.3 Å². The Balaban J connectivity index is 2.14. The Hall–Kier alpha value is -1.63. The van der Waals surface area contributed by atoms with E-state index in [0.717, 1.165) is 5.01 Å². The average Bonchev–Trinajstić information content (AvgIpc) is 2.63. The fourth-order valence-corrected chi connectivity index (χ4v) is 2.70. The fraction of sp³-hybridized carbons (Fsp3) is 0.533. The van der Waals surface area contributed by atoms with Crippen LogP contribution in [-0.4, -0.2) is 28.7 Å². The molecule has 2 rings (SSSR count). The van der Waals surface area contributed by atoms with Crippen molar-refractivity contribution < 1.29 is 22.4 Å². The maximum atomic E-state index is 13.4. The van der Waals surface area contributed by atoms with E-state index in [1.807, 2.05) is 0 Å². The summed E-state index contributed by atoms with van der Waals surface area (Å²) in [4.78, 5) is 11.5. The van der Waals surface area contributed by atoms with Crippen molar-refractivity contribution in [3.8, 4) is 0 Å². The molecule has 1 aromatic carbocycles. The third-order valence-corrected chi connectivity index (χ3v) is 3.80. The summed E-state index contributed by atoms with van der Waals surface area (Å²) in [6.45, 7) is 3.20. The van der Waals surface area contributed by atoms with E-state index in [-0.39, 0.29) is 19.3 Å². The SMILES string of the molecule is CC1(C)CC(=O)NN1[C@@H](CCc1ccc(F)cc1)C(F)(F)F. The molecule has 1 saturated heterocycles. The number of alkyl halides is 3. The van der Waals surface area contributed by atoms with Crippen molar-refractivity contribution in [3.63, 3.8) is 0 Å². The van der Waals surface area contributed by atoms with Gasteiger partial charge in [-0.1, -0.05) is 12.1 Å². The summed E-state index contributed by atoms with van der Waals surface area (Å²) in [5, 5.41) is 0.999. The van der Waals surface area contributed by atoms with Gasteiger partial charge >= 0.3 is 6.18 Å². The van der Waals surface area contributed by atoms with E-state index in [4.69, 9.17) is 0 Å². The summed E-state index contributed by atoms with van der Waals surface area (Å²) in [5.74, 6) is -0.843. The van der Waals surface area contributed by atoms with Gasteiger partial charge in [0.25, 0.3) is 0 Å². The number of amides is 1. The molecule has 1 fully saturated rings. The van der Waals surface area contributed by atoms with Gasteiger partial charge in [-0.15, -0.1) is 0 Å². The van der Waals surface area contributed by atoms with Gasteiger partial charge in [0.05, 0.1) is 0 Å². The van der Waals surface area contributed by atoms with Crippen LogP contribution in [0, 0.1) is 5.82 Å². The van der Waals surface area contributed by atoms with Gasteiger partial charge in [-0.2, -0.15) is 13.2 Å². The summed E-state index contributed by atoms with van der Waals surface area (Å²) in [6, 6.07) is 3.60. The highest BCUT2D eigenvalue weighted by Crippen LogP contribution is 2.35. The first kappa shape index (κ1) is 16.7. The molecule has 0 bridgehead atoms. The van der Waals surface area contributed by atoms with Gasteiger partial charge < -0.3 is 0 Å². The number of benzene rings is 1. The van der Waals surface area contributed by atoms with E-state index in [1.54, 1.807) is 13.8 Å². The van der Waals surface area contributed by atoms with Crippen LogP contribution in [0.5, 0.6) is 0 Å². The molecule has 3 nitrogen and oxygen atoms in total. The van der Waals surface area contributed by atoms with Gasteiger partial charge in [-0.3, -0.25) is 10.2 Å². The largest absolute Gasteiger partial charge is 0.405 e. The molecule has 0 aliphatic carbocycles. The first-order valence-corrected chi connectivity index (χ1v) is 6.99. The predicted octanol–water partition coefficient (Wildman–Crippen LogP) is 3.20. The van der Waals surface area contributed by atoms with Crippen molar-refractivity contribution in [2.75, 3.05) is 0 Å². The second-order valence-electron chi connectivity index (χ2n) is 6.12. The van der Waals surface area contributed by atoms with Crippen LogP contribution in [-0.2, 0) is 11.2 Å². The lowest BCUT2D eigenvalue weighted by Gasteiger charge is -2.37. The summed E-state index contributed by atoms with van der Waals surface area (Å²) in [6.07, 6.45) is -4.50. The van der Waals surface area contributed by atoms with Gasteiger partial charge in [0.2, 0.25) is 5.91 Å². The maximum absolute atomic E-state index is 13.4. The number of halogens is 4. The Morgan fingerprint density at radius 3 is 2.32 bits per heavy atom. The summed E-state index contributed by atoms with van der Waals surface area (Å²) >= 11 is 0. The molecule has 122 valence electrons. The molecule has 1 aliphatic heterocycles. The molecular formula is C15H18F4N2O. The Labute approximate surface area is 126 Å². The first-order chi connectivity index (χ1) is 10.1. The topological polar surface area (TPSA) is 32.3 Å². The van der Waals surface area contributed by atoms with Gasteiger partial charge in [-0.25, -0.2) is 9.40 Å². The van der Waals surface area contributed by atoms with Crippen molar-refractivity contribution >= 4 is 5.91 Å². The van der Waals surface area contributed by atoms with Gasteiger partial charge in [-0.05, 0) is 44.4 Å². The molecule has 0 aromatic heterocycles. The number of nitrogens with zero attached hydrogens (tertiary/aromatic N) is 1. The third-order valence-electron chi connectivity index (χ3n) is 3.80. The lowest BCUT2D eigenvalue weighted by Crippen LogP contribution is -2.56. The number of hydrazine groups is 1. The van der Waals surface area contributed by atoms with Crippen LogP contribution >= 0.6 is 0 Å². The number of carbonyl (C=O) groups is 1. The van der Waals surface area contributed by atoms with Crippen molar-refractivity contribution in [2.24, 2.45) is 0 Å². The molecule has 0 spiro atoms. The van der Waals surface area contributed by atoms with Crippen LogP contribution in [0.4, 0.5) is 17.6 Å². The normalized spacial score (nSPS) is 20.0. The van der Waals surface area contributed by atoms with E-state index in [2.05, 4.69) is 5.43 Å². The Morgan fingerprint density at radius 2 is 1.86 bits per heavy atom. The highest BCUT2D eigenvalue weighted by atomic mass is 19.4.